The van der Waals surface area contributed by atoms with Gasteiger partial charge < -0.3 is 14.7 Å². The van der Waals surface area contributed by atoms with Gasteiger partial charge in [-0.25, -0.2) is 0 Å². The maximum atomic E-state index is 12.2. The molecule has 0 aromatic carbocycles. The quantitative estimate of drug-likeness (QED) is 0.878. The Morgan fingerprint density at radius 1 is 1.36 bits per heavy atom. The molecule has 1 saturated heterocycles. The lowest BCUT2D eigenvalue weighted by molar-refractivity contribution is 0.0927. The Balaban J connectivity index is 1.49. The molecule has 2 aliphatic rings. The SMILES string of the molecule is CC(C)c1cc(C(=O)NCC2(CN3CCCCC3)CC2)no1. The smallest absolute Gasteiger partial charge is 0.273 e. The van der Waals surface area contributed by atoms with E-state index in [9.17, 15) is 4.79 Å². The van der Waals surface area contributed by atoms with Gasteiger partial charge in [0, 0.05) is 30.5 Å². The van der Waals surface area contributed by atoms with Crippen molar-refractivity contribution in [3.05, 3.63) is 17.5 Å². The monoisotopic (exact) mass is 305 g/mol. The van der Waals surface area contributed by atoms with Crippen LogP contribution in [-0.2, 0) is 0 Å². The van der Waals surface area contributed by atoms with Crippen molar-refractivity contribution >= 4 is 5.91 Å². The Kier molecular flexibility index (Phi) is 4.52. The van der Waals surface area contributed by atoms with Gasteiger partial charge in [-0.05, 0) is 38.8 Å². The minimum absolute atomic E-state index is 0.111. The number of aromatic nitrogens is 1. The summed E-state index contributed by atoms with van der Waals surface area (Å²) in [5.74, 6) is 0.906. The van der Waals surface area contributed by atoms with Crippen LogP contribution >= 0.6 is 0 Å². The maximum absolute atomic E-state index is 12.2. The predicted octanol–water partition coefficient (Wildman–Crippen LogP) is 2.79. The summed E-state index contributed by atoms with van der Waals surface area (Å²) in [6, 6.07) is 1.75. The maximum Gasteiger partial charge on any atom is 0.273 e. The average Bonchev–Trinajstić information content (AvgIpc) is 3.09. The van der Waals surface area contributed by atoms with E-state index in [1.54, 1.807) is 6.07 Å². The van der Waals surface area contributed by atoms with E-state index in [4.69, 9.17) is 4.52 Å². The van der Waals surface area contributed by atoms with Gasteiger partial charge in [0.2, 0.25) is 0 Å². The van der Waals surface area contributed by atoms with Crippen LogP contribution in [0.15, 0.2) is 10.6 Å². The van der Waals surface area contributed by atoms with Gasteiger partial charge in [0.15, 0.2) is 5.69 Å². The second-order valence-electron chi connectivity index (χ2n) is 7.29. The van der Waals surface area contributed by atoms with Crippen molar-refractivity contribution in [1.29, 1.82) is 0 Å². The summed E-state index contributed by atoms with van der Waals surface area (Å²) in [7, 11) is 0. The van der Waals surface area contributed by atoms with Crippen molar-refractivity contribution < 1.29 is 9.32 Å². The predicted molar refractivity (Wildman–Crippen MR) is 84.9 cm³/mol. The molecule has 22 heavy (non-hydrogen) atoms. The molecule has 2 heterocycles. The second kappa shape index (κ2) is 6.41. The highest BCUT2D eigenvalue weighted by molar-refractivity contribution is 5.92. The molecular weight excluding hydrogens is 278 g/mol. The number of carbonyl (C=O) groups is 1. The Morgan fingerprint density at radius 3 is 2.68 bits per heavy atom. The number of hydrogen-bond donors (Lipinski definition) is 1. The molecule has 1 aromatic heterocycles. The Bertz CT molecular complexity index is 514. The van der Waals surface area contributed by atoms with Crippen LogP contribution < -0.4 is 5.32 Å². The summed E-state index contributed by atoms with van der Waals surface area (Å²) in [5, 5.41) is 6.93. The molecular formula is C17H27N3O2. The molecule has 5 heteroatoms. The molecule has 1 aliphatic heterocycles. The van der Waals surface area contributed by atoms with E-state index < -0.39 is 0 Å². The summed E-state index contributed by atoms with van der Waals surface area (Å²) < 4.78 is 5.20. The largest absolute Gasteiger partial charge is 0.360 e. The van der Waals surface area contributed by atoms with Crippen molar-refractivity contribution in [2.45, 2.75) is 51.9 Å². The lowest BCUT2D eigenvalue weighted by Crippen LogP contribution is -2.40. The first-order chi connectivity index (χ1) is 10.6. The van der Waals surface area contributed by atoms with Crippen molar-refractivity contribution in [3.63, 3.8) is 0 Å². The summed E-state index contributed by atoms with van der Waals surface area (Å²) in [6.07, 6.45) is 6.45. The normalized spacial score (nSPS) is 21.0. The highest BCUT2D eigenvalue weighted by Gasteiger charge is 2.44. The first-order valence-electron chi connectivity index (χ1n) is 8.55. The topological polar surface area (TPSA) is 58.4 Å². The molecule has 1 N–H and O–H groups in total. The van der Waals surface area contributed by atoms with E-state index in [1.165, 1.54) is 45.2 Å². The van der Waals surface area contributed by atoms with E-state index in [2.05, 4.69) is 15.4 Å². The second-order valence-corrected chi connectivity index (χ2v) is 7.29. The van der Waals surface area contributed by atoms with E-state index in [1.807, 2.05) is 13.8 Å². The molecule has 0 unspecified atom stereocenters. The number of hydrogen-bond acceptors (Lipinski definition) is 4. The molecule has 0 spiro atoms. The van der Waals surface area contributed by atoms with Gasteiger partial charge in [-0.2, -0.15) is 0 Å². The third kappa shape index (κ3) is 3.69. The van der Waals surface area contributed by atoms with Gasteiger partial charge in [0.25, 0.3) is 5.91 Å². The third-order valence-corrected chi connectivity index (χ3v) is 4.92. The highest BCUT2D eigenvalue weighted by atomic mass is 16.5. The van der Waals surface area contributed by atoms with Crippen LogP contribution in [0.1, 0.15) is 68.1 Å². The van der Waals surface area contributed by atoms with E-state index in [0.29, 0.717) is 11.1 Å². The minimum Gasteiger partial charge on any atom is -0.360 e. The average molecular weight is 305 g/mol. The lowest BCUT2D eigenvalue weighted by Gasteiger charge is -2.30. The number of nitrogens with one attached hydrogen (secondary N) is 1. The first kappa shape index (κ1) is 15.5. The summed E-state index contributed by atoms with van der Waals surface area (Å²) in [5.41, 5.74) is 0.704. The molecule has 0 bridgehead atoms. The Hall–Kier alpha value is -1.36. The van der Waals surface area contributed by atoms with Crippen LogP contribution in [0.4, 0.5) is 0 Å². The fraction of sp³-hybridized carbons (Fsp3) is 0.765. The van der Waals surface area contributed by atoms with Crippen LogP contribution in [-0.4, -0.2) is 42.1 Å². The standard InChI is InChI=1S/C17H27N3O2/c1-13(2)15-10-14(19-22-15)16(21)18-11-17(6-7-17)12-20-8-4-3-5-9-20/h10,13H,3-9,11-12H2,1-2H3,(H,18,21). The zero-order valence-corrected chi connectivity index (χ0v) is 13.7. The molecule has 0 atom stereocenters. The van der Waals surface area contributed by atoms with Gasteiger partial charge in [-0.3, -0.25) is 4.79 Å². The molecule has 1 aliphatic carbocycles. The van der Waals surface area contributed by atoms with Crippen molar-refractivity contribution in [2.24, 2.45) is 5.41 Å². The number of amides is 1. The van der Waals surface area contributed by atoms with Crippen LogP contribution in [0.5, 0.6) is 0 Å². The van der Waals surface area contributed by atoms with Crippen molar-refractivity contribution in [1.82, 2.24) is 15.4 Å². The summed E-state index contributed by atoms with van der Waals surface area (Å²) in [4.78, 5) is 14.8. The van der Waals surface area contributed by atoms with Crippen LogP contribution in [0.2, 0.25) is 0 Å². The molecule has 0 radical (unpaired) electrons. The zero-order valence-electron chi connectivity index (χ0n) is 13.7. The Labute approximate surface area is 132 Å². The van der Waals surface area contributed by atoms with E-state index in [-0.39, 0.29) is 11.8 Å². The van der Waals surface area contributed by atoms with Crippen LogP contribution in [0, 0.1) is 5.41 Å². The molecule has 5 nitrogen and oxygen atoms in total. The minimum atomic E-state index is -0.111. The zero-order chi connectivity index (χ0) is 15.6. The lowest BCUT2D eigenvalue weighted by atomic mass is 10.0. The number of piperidine rings is 1. The van der Waals surface area contributed by atoms with Crippen molar-refractivity contribution in [2.75, 3.05) is 26.2 Å². The number of likely N-dealkylation sites (tertiary alicyclic amines) is 1. The van der Waals surface area contributed by atoms with Gasteiger partial charge >= 0.3 is 0 Å². The van der Waals surface area contributed by atoms with Gasteiger partial charge in [0.1, 0.15) is 5.76 Å². The summed E-state index contributed by atoms with van der Waals surface area (Å²) >= 11 is 0. The molecule has 1 saturated carbocycles. The highest BCUT2D eigenvalue weighted by Crippen LogP contribution is 2.46. The first-order valence-corrected chi connectivity index (χ1v) is 8.55. The number of rotatable bonds is 6. The van der Waals surface area contributed by atoms with Gasteiger partial charge in [-0.1, -0.05) is 25.4 Å². The van der Waals surface area contributed by atoms with Gasteiger partial charge in [0.05, 0.1) is 0 Å². The number of nitrogens with zero attached hydrogens (tertiary/aromatic N) is 2. The molecule has 1 amide bonds. The molecule has 122 valence electrons. The van der Waals surface area contributed by atoms with Crippen LogP contribution in [0.3, 0.4) is 0 Å². The van der Waals surface area contributed by atoms with E-state index >= 15 is 0 Å². The summed E-state index contributed by atoms with van der Waals surface area (Å²) in [6.45, 7) is 8.38. The molecule has 3 rings (SSSR count). The fourth-order valence-corrected chi connectivity index (χ4v) is 3.19. The van der Waals surface area contributed by atoms with E-state index in [0.717, 1.165) is 18.8 Å². The fourth-order valence-electron chi connectivity index (χ4n) is 3.19. The molecule has 1 aromatic rings. The van der Waals surface area contributed by atoms with Crippen molar-refractivity contribution in [3.8, 4) is 0 Å². The third-order valence-electron chi connectivity index (χ3n) is 4.92. The number of carbonyl (C=O) groups excluding carboxylic acids is 1. The molecule has 2 fully saturated rings. The Morgan fingerprint density at radius 2 is 2.09 bits per heavy atom. The van der Waals surface area contributed by atoms with Crippen LogP contribution in [0.25, 0.3) is 0 Å². The van der Waals surface area contributed by atoms with Gasteiger partial charge in [-0.15, -0.1) is 0 Å².